The maximum Gasteiger partial charge on any atom is 0.00312 e. The molecule has 0 aliphatic carbocycles. The summed E-state index contributed by atoms with van der Waals surface area (Å²) in [5.41, 5.74) is 0. The van der Waals surface area contributed by atoms with E-state index in [4.69, 9.17) is 0 Å². The lowest BCUT2D eigenvalue weighted by atomic mass is 10.4. The molecule has 0 saturated heterocycles. The van der Waals surface area contributed by atoms with Gasteiger partial charge in [-0.05, 0) is 6.42 Å². The van der Waals surface area contributed by atoms with Crippen LogP contribution in [0.15, 0.2) is 0 Å². The summed E-state index contributed by atoms with van der Waals surface area (Å²) in [7, 11) is 0. The van der Waals surface area contributed by atoms with E-state index in [0.717, 1.165) is 5.33 Å². The molecule has 0 radical (unpaired) electrons. The molecular weight excluding hydrogens is 147 g/mol. The molecular formula is C4H10BrF. The highest BCUT2D eigenvalue weighted by molar-refractivity contribution is 9.09. The van der Waals surface area contributed by atoms with Crippen molar-refractivity contribution >= 4 is 15.9 Å². The second-order valence-electron chi connectivity index (χ2n) is 1.04. The molecule has 0 heterocycles. The van der Waals surface area contributed by atoms with Crippen molar-refractivity contribution in [2.24, 2.45) is 0 Å². The number of rotatable bonds is 2. The first-order valence-corrected chi connectivity index (χ1v) is 3.10. The molecule has 0 unspecified atom stereocenters. The molecule has 0 spiro atoms. The van der Waals surface area contributed by atoms with Gasteiger partial charge in [0.15, 0.2) is 0 Å². The minimum Gasteiger partial charge on any atom is -0.269 e. The molecule has 0 nitrogen and oxygen atoms in total. The van der Waals surface area contributed by atoms with E-state index in [1.54, 1.807) is 0 Å². The Morgan fingerprint density at radius 1 is 1.50 bits per heavy atom. The zero-order valence-corrected chi connectivity index (χ0v) is 5.49. The Morgan fingerprint density at radius 2 is 2.00 bits per heavy atom. The van der Waals surface area contributed by atoms with E-state index in [9.17, 15) is 0 Å². The van der Waals surface area contributed by atoms with E-state index in [-0.39, 0.29) is 4.70 Å². The minimum atomic E-state index is 0. The fraction of sp³-hybridized carbons (Fsp3) is 1.00. The average molecular weight is 157 g/mol. The van der Waals surface area contributed by atoms with Crippen molar-refractivity contribution in [1.29, 1.82) is 0 Å². The van der Waals surface area contributed by atoms with Crippen LogP contribution in [0.5, 0.6) is 0 Å². The molecule has 0 amide bonds. The Hall–Kier alpha value is 0.410. The SMILES string of the molecule is CCCCBr.F. The Labute approximate surface area is 46.4 Å². The standard InChI is InChI=1S/C4H9Br.FH/c1-2-3-4-5;/h2-4H2,1H3;1H. The lowest BCUT2D eigenvalue weighted by Gasteiger charge is -1.77. The van der Waals surface area contributed by atoms with Gasteiger partial charge < -0.3 is 0 Å². The van der Waals surface area contributed by atoms with E-state index in [2.05, 4.69) is 22.9 Å². The van der Waals surface area contributed by atoms with Crippen LogP contribution in [-0.4, -0.2) is 5.33 Å². The largest absolute Gasteiger partial charge is 0.269 e. The number of hydrogen-bond acceptors (Lipinski definition) is 0. The highest BCUT2D eigenvalue weighted by Gasteiger charge is 1.69. The molecule has 0 aromatic rings. The van der Waals surface area contributed by atoms with Crippen LogP contribution >= 0.6 is 15.9 Å². The van der Waals surface area contributed by atoms with Crippen LogP contribution in [0, 0.1) is 0 Å². The topological polar surface area (TPSA) is 0 Å². The molecule has 0 saturated carbocycles. The van der Waals surface area contributed by atoms with Crippen molar-refractivity contribution in [2.45, 2.75) is 19.8 Å². The zero-order valence-electron chi connectivity index (χ0n) is 3.91. The highest BCUT2D eigenvalue weighted by atomic mass is 79.9. The van der Waals surface area contributed by atoms with Gasteiger partial charge in [-0.1, -0.05) is 29.3 Å². The minimum absolute atomic E-state index is 0. The summed E-state index contributed by atoms with van der Waals surface area (Å²) in [4.78, 5) is 0. The predicted molar refractivity (Wildman–Crippen MR) is 31.2 cm³/mol. The predicted octanol–water partition coefficient (Wildman–Crippen LogP) is 2.33. The summed E-state index contributed by atoms with van der Waals surface area (Å²) >= 11 is 3.31. The molecule has 0 aliphatic heterocycles. The van der Waals surface area contributed by atoms with Crippen molar-refractivity contribution < 1.29 is 4.70 Å². The Kier molecular flexibility index (Phi) is 14.5. The molecule has 0 rings (SSSR count). The van der Waals surface area contributed by atoms with E-state index in [0.29, 0.717) is 0 Å². The van der Waals surface area contributed by atoms with Gasteiger partial charge in [0, 0.05) is 5.33 Å². The Morgan fingerprint density at radius 3 is 2.00 bits per heavy atom. The van der Waals surface area contributed by atoms with Gasteiger partial charge in [0.05, 0.1) is 0 Å². The normalized spacial score (nSPS) is 7.00. The second-order valence-corrected chi connectivity index (χ2v) is 1.84. The monoisotopic (exact) mass is 156 g/mol. The van der Waals surface area contributed by atoms with Gasteiger partial charge in [0.2, 0.25) is 0 Å². The van der Waals surface area contributed by atoms with Crippen LogP contribution in [-0.2, 0) is 0 Å². The van der Waals surface area contributed by atoms with E-state index < -0.39 is 0 Å². The zero-order chi connectivity index (χ0) is 4.12. The fourth-order valence-electron chi connectivity index (χ4n) is 0.134. The third-order valence-electron chi connectivity index (χ3n) is 0.487. The fourth-order valence-corrected chi connectivity index (χ4v) is 0.694. The summed E-state index contributed by atoms with van der Waals surface area (Å²) < 4.78 is 0. The van der Waals surface area contributed by atoms with Crippen LogP contribution < -0.4 is 0 Å². The number of hydrogen-bond donors (Lipinski definition) is 0. The molecule has 0 aliphatic rings. The summed E-state index contributed by atoms with van der Waals surface area (Å²) in [5, 5.41) is 1.16. The maximum atomic E-state index is 3.31. The van der Waals surface area contributed by atoms with Gasteiger partial charge in [-0.15, -0.1) is 0 Å². The molecule has 40 valence electrons. The molecule has 6 heavy (non-hydrogen) atoms. The van der Waals surface area contributed by atoms with Crippen molar-refractivity contribution in [1.82, 2.24) is 0 Å². The Bertz CT molecular complexity index is 15.0. The van der Waals surface area contributed by atoms with E-state index >= 15 is 0 Å². The van der Waals surface area contributed by atoms with Gasteiger partial charge in [0.25, 0.3) is 0 Å². The third-order valence-corrected chi connectivity index (χ3v) is 1.05. The highest BCUT2D eigenvalue weighted by Crippen LogP contribution is 1.89. The van der Waals surface area contributed by atoms with Crippen LogP contribution in [0.3, 0.4) is 0 Å². The van der Waals surface area contributed by atoms with E-state index in [1.165, 1.54) is 12.8 Å². The average Bonchev–Trinajstić information content (AvgIpc) is 1.41. The first-order chi connectivity index (χ1) is 2.41. The second kappa shape index (κ2) is 9.05. The molecule has 0 bridgehead atoms. The van der Waals surface area contributed by atoms with Gasteiger partial charge in [-0.2, -0.15) is 0 Å². The molecule has 0 atom stereocenters. The van der Waals surface area contributed by atoms with Gasteiger partial charge >= 0.3 is 0 Å². The quantitative estimate of drug-likeness (QED) is 0.539. The maximum absolute atomic E-state index is 3.31. The van der Waals surface area contributed by atoms with Crippen LogP contribution in [0.1, 0.15) is 19.8 Å². The smallest absolute Gasteiger partial charge is 0.00312 e. The van der Waals surface area contributed by atoms with Gasteiger partial charge in [-0.25, -0.2) is 0 Å². The molecule has 0 N–H and O–H groups in total. The summed E-state index contributed by atoms with van der Waals surface area (Å²) in [5.74, 6) is 0. The third kappa shape index (κ3) is 8.83. The number of halogens is 2. The lowest BCUT2D eigenvalue weighted by Crippen LogP contribution is -1.64. The summed E-state index contributed by atoms with van der Waals surface area (Å²) in [6.45, 7) is 2.18. The van der Waals surface area contributed by atoms with Crippen LogP contribution in [0.4, 0.5) is 4.70 Å². The van der Waals surface area contributed by atoms with Gasteiger partial charge in [-0.3, -0.25) is 4.70 Å². The van der Waals surface area contributed by atoms with Crippen LogP contribution in [0.2, 0.25) is 0 Å². The first kappa shape index (κ1) is 9.65. The molecule has 0 fully saturated rings. The number of alkyl halides is 1. The molecule has 0 aromatic heterocycles. The van der Waals surface area contributed by atoms with Crippen molar-refractivity contribution in [3.63, 3.8) is 0 Å². The van der Waals surface area contributed by atoms with Crippen molar-refractivity contribution in [2.75, 3.05) is 5.33 Å². The van der Waals surface area contributed by atoms with Crippen LogP contribution in [0.25, 0.3) is 0 Å². The molecule has 0 aromatic carbocycles. The summed E-state index contributed by atoms with van der Waals surface area (Å²) in [6.07, 6.45) is 2.60. The van der Waals surface area contributed by atoms with Crippen molar-refractivity contribution in [3.05, 3.63) is 0 Å². The first-order valence-electron chi connectivity index (χ1n) is 1.97. The van der Waals surface area contributed by atoms with Gasteiger partial charge in [0.1, 0.15) is 0 Å². The van der Waals surface area contributed by atoms with Crippen molar-refractivity contribution in [3.8, 4) is 0 Å². The summed E-state index contributed by atoms with van der Waals surface area (Å²) in [6, 6.07) is 0. The Balaban J connectivity index is 0. The lowest BCUT2D eigenvalue weighted by molar-refractivity contribution is 0.902. The number of unbranched alkanes of at least 4 members (excludes halogenated alkanes) is 1. The molecule has 2 heteroatoms. The van der Waals surface area contributed by atoms with E-state index in [1.807, 2.05) is 0 Å².